The van der Waals surface area contributed by atoms with Crippen molar-refractivity contribution in [3.05, 3.63) is 23.8 Å². The molecule has 2 aliphatic rings. The van der Waals surface area contributed by atoms with Gasteiger partial charge in [-0.3, -0.25) is 9.63 Å². The number of hydrogen-bond acceptors (Lipinski definition) is 8. The largest absolute Gasteiger partial charge is 0.493 e. The van der Waals surface area contributed by atoms with E-state index in [1.54, 1.807) is 31.2 Å². The minimum atomic E-state index is -3.76. The number of carbonyl (C=O) groups excluding carboxylic acids is 1. The number of piperidine rings is 1. The van der Waals surface area contributed by atoms with E-state index in [1.807, 2.05) is 6.07 Å². The highest BCUT2D eigenvalue weighted by Gasteiger charge is 2.48. The molecule has 2 heterocycles. The molecular formula is C20H30N2O7S. The van der Waals surface area contributed by atoms with Crippen LogP contribution in [0.25, 0.3) is 0 Å². The van der Waals surface area contributed by atoms with Crippen LogP contribution in [0.1, 0.15) is 31.4 Å². The van der Waals surface area contributed by atoms with Crippen LogP contribution in [0.2, 0.25) is 0 Å². The minimum Gasteiger partial charge on any atom is -0.493 e. The number of benzene rings is 1. The molecule has 3 rings (SSSR count). The van der Waals surface area contributed by atoms with Crippen LogP contribution in [0.3, 0.4) is 0 Å². The first-order valence-corrected chi connectivity index (χ1v) is 11.6. The number of para-hydroxylation sites is 1. The number of nitrogens with zero attached hydrogens (tertiary/aromatic N) is 2. The molecule has 10 heteroatoms. The molecule has 0 saturated carbocycles. The van der Waals surface area contributed by atoms with Crippen molar-refractivity contribution < 1.29 is 32.3 Å². The lowest BCUT2D eigenvalue weighted by molar-refractivity contribution is -0.149. The van der Waals surface area contributed by atoms with Crippen LogP contribution in [-0.2, 0) is 24.4 Å². The predicted molar refractivity (Wildman–Crippen MR) is 110 cm³/mol. The van der Waals surface area contributed by atoms with E-state index in [0.717, 1.165) is 0 Å². The smallest absolute Gasteiger partial charge is 0.310 e. The minimum absolute atomic E-state index is 0.0183. The fourth-order valence-corrected chi connectivity index (χ4v) is 6.23. The Balaban J connectivity index is 1.91. The second-order valence-corrected chi connectivity index (χ2v) is 9.55. The van der Waals surface area contributed by atoms with E-state index < -0.39 is 27.2 Å². The first kappa shape index (κ1) is 22.8. The Labute approximate surface area is 177 Å². The van der Waals surface area contributed by atoms with E-state index in [-0.39, 0.29) is 25.7 Å². The molecule has 9 nitrogen and oxygen atoms in total. The Morgan fingerprint density at radius 1 is 1.27 bits per heavy atom. The molecule has 0 N–H and O–H groups in total. The Kier molecular flexibility index (Phi) is 7.22. The molecule has 0 spiro atoms. The molecule has 0 bridgehead atoms. The maximum Gasteiger partial charge on any atom is 0.310 e. The number of esters is 1. The SMILES string of the molecule is CCOC(=O)C1CCCN(S(=O)(=O)C2CON(C)C2c2cccc(OC)c2OC)C1. The highest BCUT2D eigenvalue weighted by atomic mass is 32.2. The van der Waals surface area contributed by atoms with Crippen molar-refractivity contribution in [2.24, 2.45) is 5.92 Å². The van der Waals surface area contributed by atoms with E-state index in [1.165, 1.54) is 18.5 Å². The molecule has 0 aliphatic carbocycles. The number of rotatable bonds is 7. The molecule has 0 amide bonds. The van der Waals surface area contributed by atoms with Crippen LogP contribution < -0.4 is 9.47 Å². The zero-order chi connectivity index (χ0) is 21.9. The first-order chi connectivity index (χ1) is 14.3. The van der Waals surface area contributed by atoms with Gasteiger partial charge in [0.2, 0.25) is 10.0 Å². The van der Waals surface area contributed by atoms with E-state index in [9.17, 15) is 13.2 Å². The summed E-state index contributed by atoms with van der Waals surface area (Å²) in [5.74, 6) is 0.207. The van der Waals surface area contributed by atoms with Gasteiger partial charge in [0.1, 0.15) is 5.25 Å². The summed E-state index contributed by atoms with van der Waals surface area (Å²) in [5, 5.41) is 0.705. The van der Waals surface area contributed by atoms with Crippen LogP contribution in [0.5, 0.6) is 11.5 Å². The van der Waals surface area contributed by atoms with Crippen molar-refractivity contribution in [1.82, 2.24) is 9.37 Å². The summed E-state index contributed by atoms with van der Waals surface area (Å²) < 4.78 is 44.6. The summed E-state index contributed by atoms with van der Waals surface area (Å²) >= 11 is 0. The van der Waals surface area contributed by atoms with Gasteiger partial charge in [0, 0.05) is 25.7 Å². The van der Waals surface area contributed by atoms with Crippen molar-refractivity contribution in [3.8, 4) is 11.5 Å². The van der Waals surface area contributed by atoms with Gasteiger partial charge < -0.3 is 14.2 Å². The van der Waals surface area contributed by atoms with Gasteiger partial charge in [-0.25, -0.2) is 12.7 Å². The maximum absolute atomic E-state index is 13.6. The number of hydroxylamine groups is 2. The second-order valence-electron chi connectivity index (χ2n) is 7.40. The topological polar surface area (TPSA) is 94.6 Å². The molecule has 2 aliphatic heterocycles. The monoisotopic (exact) mass is 442 g/mol. The molecule has 0 aromatic heterocycles. The van der Waals surface area contributed by atoms with Crippen LogP contribution in [-0.4, -0.2) is 76.6 Å². The van der Waals surface area contributed by atoms with Gasteiger partial charge >= 0.3 is 5.97 Å². The molecule has 0 radical (unpaired) electrons. The Morgan fingerprint density at radius 3 is 2.70 bits per heavy atom. The molecule has 3 atom stereocenters. The molecule has 1 aromatic carbocycles. The summed E-state index contributed by atoms with van der Waals surface area (Å²) in [6, 6.07) is 4.79. The molecular weight excluding hydrogens is 412 g/mol. The van der Waals surface area contributed by atoms with Gasteiger partial charge in [0.05, 0.1) is 39.4 Å². The zero-order valence-corrected chi connectivity index (χ0v) is 18.7. The van der Waals surface area contributed by atoms with Crippen molar-refractivity contribution in [2.75, 3.05) is 47.6 Å². The molecule has 3 unspecified atom stereocenters. The summed E-state index contributed by atoms with van der Waals surface area (Å²) in [7, 11) is 1.01. The lowest BCUT2D eigenvalue weighted by atomic mass is 10.00. The lowest BCUT2D eigenvalue weighted by Crippen LogP contribution is -2.48. The third-order valence-electron chi connectivity index (χ3n) is 5.68. The fraction of sp³-hybridized carbons (Fsp3) is 0.650. The molecule has 2 fully saturated rings. The summed E-state index contributed by atoms with van der Waals surface area (Å²) in [4.78, 5) is 17.8. The third kappa shape index (κ3) is 4.27. The Morgan fingerprint density at radius 2 is 2.03 bits per heavy atom. The number of ether oxygens (including phenoxy) is 3. The van der Waals surface area contributed by atoms with E-state index in [2.05, 4.69) is 0 Å². The molecule has 30 heavy (non-hydrogen) atoms. The Bertz CT molecular complexity index is 861. The van der Waals surface area contributed by atoms with Crippen LogP contribution in [0, 0.1) is 5.92 Å². The van der Waals surface area contributed by atoms with Crippen LogP contribution in [0.15, 0.2) is 18.2 Å². The molecule has 2 saturated heterocycles. The average molecular weight is 443 g/mol. The average Bonchev–Trinajstić information content (AvgIpc) is 3.15. The van der Waals surface area contributed by atoms with Gasteiger partial charge in [0.15, 0.2) is 11.5 Å². The van der Waals surface area contributed by atoms with E-state index in [0.29, 0.717) is 36.4 Å². The third-order valence-corrected chi connectivity index (χ3v) is 7.90. The normalized spacial score (nSPS) is 25.8. The number of carbonyl (C=O) groups is 1. The predicted octanol–water partition coefficient (Wildman–Crippen LogP) is 1.60. The first-order valence-electron chi connectivity index (χ1n) is 10.1. The van der Waals surface area contributed by atoms with Gasteiger partial charge in [-0.05, 0) is 25.8 Å². The number of hydrogen-bond donors (Lipinski definition) is 0. The van der Waals surface area contributed by atoms with Crippen molar-refractivity contribution in [2.45, 2.75) is 31.1 Å². The summed E-state index contributed by atoms with van der Waals surface area (Å²) in [6.45, 7) is 2.54. The quantitative estimate of drug-likeness (QED) is 0.588. The standard InChI is InChI=1S/C20H30N2O7S/c1-5-28-20(23)14-8-7-11-22(12-14)30(24,25)17-13-29-21(2)18(17)15-9-6-10-16(26-3)19(15)27-4/h6,9-10,14,17-18H,5,7-8,11-13H2,1-4H3. The van der Waals surface area contributed by atoms with Crippen LogP contribution >= 0.6 is 0 Å². The van der Waals surface area contributed by atoms with Gasteiger partial charge in [-0.15, -0.1) is 0 Å². The zero-order valence-electron chi connectivity index (χ0n) is 17.9. The molecule has 1 aromatic rings. The maximum atomic E-state index is 13.6. The highest BCUT2D eigenvalue weighted by molar-refractivity contribution is 7.89. The van der Waals surface area contributed by atoms with Gasteiger partial charge in [-0.2, -0.15) is 5.06 Å². The molecule has 168 valence electrons. The number of methoxy groups -OCH3 is 2. The number of sulfonamides is 1. The van der Waals surface area contributed by atoms with E-state index in [4.69, 9.17) is 19.0 Å². The lowest BCUT2D eigenvalue weighted by Gasteiger charge is -2.34. The van der Waals surface area contributed by atoms with Crippen LogP contribution in [0.4, 0.5) is 0 Å². The summed E-state index contributed by atoms with van der Waals surface area (Å²) in [5.41, 5.74) is 0.671. The van der Waals surface area contributed by atoms with Crippen molar-refractivity contribution in [1.29, 1.82) is 0 Å². The Hall–Kier alpha value is -1.88. The second kappa shape index (κ2) is 9.51. The van der Waals surface area contributed by atoms with Gasteiger partial charge in [-0.1, -0.05) is 12.1 Å². The van der Waals surface area contributed by atoms with Crippen molar-refractivity contribution >= 4 is 16.0 Å². The van der Waals surface area contributed by atoms with Gasteiger partial charge in [0.25, 0.3) is 0 Å². The fourth-order valence-electron chi connectivity index (χ4n) is 4.20. The van der Waals surface area contributed by atoms with Crippen molar-refractivity contribution in [3.63, 3.8) is 0 Å². The highest BCUT2D eigenvalue weighted by Crippen LogP contribution is 2.43. The summed E-state index contributed by atoms with van der Waals surface area (Å²) in [6.07, 6.45) is 1.23. The van der Waals surface area contributed by atoms with E-state index >= 15 is 0 Å².